The Morgan fingerprint density at radius 2 is 1.75 bits per heavy atom. The minimum absolute atomic E-state index is 0.512. The summed E-state index contributed by atoms with van der Waals surface area (Å²) in [6, 6.07) is 0. The minimum atomic E-state index is 0.512. The zero-order valence-corrected chi connectivity index (χ0v) is 11.8. The average molecular weight is 226 g/mol. The molecular weight excluding hydrogens is 196 g/mol. The van der Waals surface area contributed by atoms with Crippen LogP contribution >= 0.6 is 0 Å². The van der Waals surface area contributed by atoms with E-state index in [1.165, 1.54) is 19.4 Å². The quantitative estimate of drug-likeness (QED) is 0.655. The molecule has 0 aromatic carbocycles. The first kappa shape index (κ1) is 14.0. The fourth-order valence-corrected chi connectivity index (χ4v) is 2.88. The van der Waals surface area contributed by atoms with Gasteiger partial charge in [0.2, 0.25) is 0 Å². The standard InChI is InChI=1S/C14H30N2/c1-6-11(9-15)7-8-16-10-12-13(2,3)14(12,4)5/h11-12,16H,6-10,15H2,1-5H3. The maximum Gasteiger partial charge on any atom is -0.000989 e. The summed E-state index contributed by atoms with van der Waals surface area (Å²) < 4.78 is 0. The summed E-state index contributed by atoms with van der Waals surface area (Å²) in [5.41, 5.74) is 6.72. The first-order valence-electron chi connectivity index (χ1n) is 6.78. The average Bonchev–Trinajstić information content (AvgIpc) is 2.60. The van der Waals surface area contributed by atoms with Gasteiger partial charge in [-0.25, -0.2) is 0 Å². The van der Waals surface area contributed by atoms with Crippen LogP contribution < -0.4 is 11.1 Å². The highest BCUT2D eigenvalue weighted by Crippen LogP contribution is 2.67. The molecular formula is C14H30N2. The zero-order chi connectivity index (χ0) is 12.4. The lowest BCUT2D eigenvalue weighted by atomic mass is 10.0. The van der Waals surface area contributed by atoms with E-state index in [-0.39, 0.29) is 0 Å². The summed E-state index contributed by atoms with van der Waals surface area (Å²) in [6.07, 6.45) is 2.43. The molecule has 2 nitrogen and oxygen atoms in total. The van der Waals surface area contributed by atoms with E-state index in [2.05, 4.69) is 39.9 Å². The highest BCUT2D eigenvalue weighted by Gasteiger charge is 2.63. The highest BCUT2D eigenvalue weighted by molar-refractivity contribution is 5.12. The van der Waals surface area contributed by atoms with Crippen LogP contribution in [0, 0.1) is 22.7 Å². The van der Waals surface area contributed by atoms with Crippen LogP contribution in [0.4, 0.5) is 0 Å². The topological polar surface area (TPSA) is 38.0 Å². The molecule has 1 aliphatic carbocycles. The molecule has 0 aliphatic heterocycles. The fourth-order valence-electron chi connectivity index (χ4n) is 2.88. The molecule has 1 unspecified atom stereocenters. The Bertz CT molecular complexity index is 203. The Labute approximate surface area is 101 Å². The first-order valence-corrected chi connectivity index (χ1v) is 6.78. The predicted octanol–water partition coefficient (Wildman–Crippen LogP) is 2.63. The smallest absolute Gasteiger partial charge is 0.000989 e. The van der Waals surface area contributed by atoms with Gasteiger partial charge in [0.15, 0.2) is 0 Å². The van der Waals surface area contributed by atoms with Gasteiger partial charge in [-0.2, -0.15) is 0 Å². The van der Waals surface area contributed by atoms with Crippen molar-refractivity contribution in [2.45, 2.75) is 47.5 Å². The van der Waals surface area contributed by atoms with Gasteiger partial charge in [0.1, 0.15) is 0 Å². The predicted molar refractivity (Wildman–Crippen MR) is 71.4 cm³/mol. The van der Waals surface area contributed by atoms with Crippen LogP contribution in [0.5, 0.6) is 0 Å². The molecule has 96 valence electrons. The molecule has 0 radical (unpaired) electrons. The third-order valence-corrected chi connectivity index (χ3v) is 5.31. The fraction of sp³-hybridized carbons (Fsp3) is 1.00. The van der Waals surface area contributed by atoms with Gasteiger partial charge in [-0.15, -0.1) is 0 Å². The van der Waals surface area contributed by atoms with Crippen LogP contribution in [0.25, 0.3) is 0 Å². The Balaban J connectivity index is 2.14. The first-order chi connectivity index (χ1) is 7.37. The van der Waals surface area contributed by atoms with E-state index < -0.39 is 0 Å². The lowest BCUT2D eigenvalue weighted by Gasteiger charge is -2.12. The van der Waals surface area contributed by atoms with Crippen molar-refractivity contribution in [2.24, 2.45) is 28.4 Å². The molecule has 0 spiro atoms. The van der Waals surface area contributed by atoms with Gasteiger partial charge >= 0.3 is 0 Å². The Kier molecular flexibility index (Phi) is 4.42. The summed E-state index contributed by atoms with van der Waals surface area (Å²) >= 11 is 0. The molecule has 1 fully saturated rings. The molecule has 1 aliphatic rings. The molecule has 3 N–H and O–H groups in total. The second-order valence-electron chi connectivity index (χ2n) is 6.50. The van der Waals surface area contributed by atoms with E-state index in [0.29, 0.717) is 16.7 Å². The molecule has 1 atom stereocenters. The van der Waals surface area contributed by atoms with Crippen LogP contribution in [-0.4, -0.2) is 19.6 Å². The molecule has 0 aromatic heterocycles. The van der Waals surface area contributed by atoms with Crippen molar-refractivity contribution in [1.29, 1.82) is 0 Å². The van der Waals surface area contributed by atoms with Crippen molar-refractivity contribution in [3.63, 3.8) is 0 Å². The lowest BCUT2D eigenvalue weighted by Crippen LogP contribution is -2.24. The third kappa shape index (κ3) is 2.60. The minimum Gasteiger partial charge on any atom is -0.330 e. The van der Waals surface area contributed by atoms with E-state index in [4.69, 9.17) is 5.73 Å². The second-order valence-corrected chi connectivity index (χ2v) is 6.50. The molecule has 0 saturated heterocycles. The summed E-state index contributed by atoms with van der Waals surface area (Å²) in [6.45, 7) is 14.9. The van der Waals surface area contributed by atoms with E-state index in [0.717, 1.165) is 19.0 Å². The number of hydrogen-bond acceptors (Lipinski definition) is 2. The van der Waals surface area contributed by atoms with Gasteiger partial charge in [0, 0.05) is 0 Å². The zero-order valence-electron chi connectivity index (χ0n) is 11.8. The molecule has 2 heteroatoms. The van der Waals surface area contributed by atoms with Gasteiger partial charge in [-0.3, -0.25) is 0 Å². The monoisotopic (exact) mass is 226 g/mol. The number of hydrogen-bond donors (Lipinski definition) is 2. The van der Waals surface area contributed by atoms with Crippen LogP contribution in [-0.2, 0) is 0 Å². The highest BCUT2D eigenvalue weighted by atomic mass is 14.9. The third-order valence-electron chi connectivity index (χ3n) is 5.31. The van der Waals surface area contributed by atoms with Gasteiger partial charge in [-0.05, 0) is 48.7 Å². The normalized spacial score (nSPS) is 24.4. The number of nitrogens with two attached hydrogens (primary N) is 1. The van der Waals surface area contributed by atoms with Crippen LogP contribution in [0.15, 0.2) is 0 Å². The van der Waals surface area contributed by atoms with Crippen LogP contribution in [0.3, 0.4) is 0 Å². The van der Waals surface area contributed by atoms with Crippen molar-refractivity contribution < 1.29 is 0 Å². The maximum atomic E-state index is 5.70. The summed E-state index contributed by atoms with van der Waals surface area (Å²) in [7, 11) is 0. The van der Waals surface area contributed by atoms with Gasteiger partial charge in [-0.1, -0.05) is 41.0 Å². The molecule has 0 heterocycles. The molecule has 1 saturated carbocycles. The summed E-state index contributed by atoms with van der Waals surface area (Å²) in [5.74, 6) is 1.53. The lowest BCUT2D eigenvalue weighted by molar-refractivity contribution is 0.445. The summed E-state index contributed by atoms with van der Waals surface area (Å²) in [4.78, 5) is 0. The van der Waals surface area contributed by atoms with Gasteiger partial charge in [0.25, 0.3) is 0 Å². The Morgan fingerprint density at radius 3 is 2.12 bits per heavy atom. The van der Waals surface area contributed by atoms with Crippen LogP contribution in [0.1, 0.15) is 47.5 Å². The largest absolute Gasteiger partial charge is 0.330 e. The number of nitrogens with one attached hydrogen (secondary N) is 1. The Hall–Kier alpha value is -0.0800. The molecule has 16 heavy (non-hydrogen) atoms. The SMILES string of the molecule is CCC(CN)CCNCC1C(C)(C)C1(C)C. The molecule has 1 rings (SSSR count). The van der Waals surface area contributed by atoms with Crippen molar-refractivity contribution >= 4 is 0 Å². The van der Waals surface area contributed by atoms with Crippen LogP contribution in [0.2, 0.25) is 0 Å². The summed E-state index contributed by atoms with van der Waals surface area (Å²) in [5, 5.41) is 3.60. The molecule has 0 bridgehead atoms. The molecule has 0 aromatic rings. The Morgan fingerprint density at radius 1 is 1.19 bits per heavy atom. The van der Waals surface area contributed by atoms with E-state index in [1.54, 1.807) is 0 Å². The van der Waals surface area contributed by atoms with Crippen molar-refractivity contribution in [3.05, 3.63) is 0 Å². The van der Waals surface area contributed by atoms with Crippen molar-refractivity contribution in [2.75, 3.05) is 19.6 Å². The van der Waals surface area contributed by atoms with Crippen molar-refractivity contribution in [3.8, 4) is 0 Å². The van der Waals surface area contributed by atoms with Gasteiger partial charge < -0.3 is 11.1 Å². The van der Waals surface area contributed by atoms with E-state index in [9.17, 15) is 0 Å². The van der Waals surface area contributed by atoms with E-state index in [1.807, 2.05) is 0 Å². The second kappa shape index (κ2) is 5.05. The molecule has 0 amide bonds. The maximum absolute atomic E-state index is 5.70. The van der Waals surface area contributed by atoms with E-state index >= 15 is 0 Å². The number of rotatable bonds is 7. The van der Waals surface area contributed by atoms with Crippen molar-refractivity contribution in [1.82, 2.24) is 5.32 Å². The van der Waals surface area contributed by atoms with Gasteiger partial charge in [0.05, 0.1) is 0 Å².